The van der Waals surface area contributed by atoms with Gasteiger partial charge in [0.1, 0.15) is 0 Å². The second-order valence-corrected chi connectivity index (χ2v) is 5.33. The number of rotatable bonds is 3. The highest BCUT2D eigenvalue weighted by Crippen LogP contribution is 2.53. The van der Waals surface area contributed by atoms with Gasteiger partial charge in [-0.1, -0.05) is 50.3 Å². The Labute approximate surface area is 99.5 Å². The first kappa shape index (κ1) is 11.7. The zero-order valence-electron chi connectivity index (χ0n) is 10.7. The third-order valence-electron chi connectivity index (χ3n) is 4.51. The lowest BCUT2D eigenvalue weighted by Crippen LogP contribution is -2.30. The molecule has 4 unspecified atom stereocenters. The molecule has 88 valence electrons. The van der Waals surface area contributed by atoms with Crippen LogP contribution in [0.1, 0.15) is 33.6 Å². The molecule has 1 nitrogen and oxygen atoms in total. The number of hydrogen-bond acceptors (Lipinski definition) is 1. The van der Waals surface area contributed by atoms with E-state index in [2.05, 4.69) is 44.4 Å². The molecule has 2 fully saturated rings. The first-order chi connectivity index (χ1) is 7.64. The third kappa shape index (κ3) is 1.67. The van der Waals surface area contributed by atoms with E-state index in [1.54, 1.807) is 5.57 Å². The summed E-state index contributed by atoms with van der Waals surface area (Å²) >= 11 is 0. The summed E-state index contributed by atoms with van der Waals surface area (Å²) < 4.78 is 0. The molecule has 0 aromatic rings. The molecule has 0 amide bonds. The molecule has 0 bridgehead atoms. The van der Waals surface area contributed by atoms with E-state index in [1.807, 2.05) is 12.2 Å². The summed E-state index contributed by atoms with van der Waals surface area (Å²) in [5, 5.41) is 0. The molecule has 16 heavy (non-hydrogen) atoms. The summed E-state index contributed by atoms with van der Waals surface area (Å²) in [6.45, 7) is 12.0. The maximum absolute atomic E-state index is 3.69. The molecule has 2 saturated heterocycles. The van der Waals surface area contributed by atoms with Crippen LogP contribution in [0.5, 0.6) is 0 Å². The Morgan fingerprint density at radius 2 is 2.25 bits per heavy atom. The van der Waals surface area contributed by atoms with Crippen molar-refractivity contribution in [1.29, 1.82) is 0 Å². The first-order valence-electron chi connectivity index (χ1n) is 6.38. The molecular formula is C15H23N. The standard InChI is InChI=1S/C15H23N/c1-5-7-8-9-13-10-12(3)15(4)14(6-2)16(15)11-13/h5,7-9,12,14H,1,6,10-11H2,2-4H3/b8-7-,13-9+. The molecule has 0 radical (unpaired) electrons. The van der Waals surface area contributed by atoms with E-state index in [1.165, 1.54) is 19.4 Å². The van der Waals surface area contributed by atoms with Gasteiger partial charge in [0.15, 0.2) is 0 Å². The number of nitrogens with zero attached hydrogens (tertiary/aromatic N) is 1. The monoisotopic (exact) mass is 217 g/mol. The Morgan fingerprint density at radius 1 is 1.50 bits per heavy atom. The summed E-state index contributed by atoms with van der Waals surface area (Å²) in [7, 11) is 0. The van der Waals surface area contributed by atoms with E-state index in [-0.39, 0.29) is 0 Å². The largest absolute Gasteiger partial charge is 0.287 e. The van der Waals surface area contributed by atoms with Gasteiger partial charge >= 0.3 is 0 Å². The molecule has 2 heterocycles. The summed E-state index contributed by atoms with van der Waals surface area (Å²) in [5.74, 6) is 0.787. The second-order valence-electron chi connectivity index (χ2n) is 5.33. The van der Waals surface area contributed by atoms with Gasteiger partial charge in [-0.3, -0.25) is 4.90 Å². The van der Waals surface area contributed by atoms with Crippen LogP contribution in [0.4, 0.5) is 0 Å². The Balaban J connectivity index is 2.07. The number of allylic oxidation sites excluding steroid dienone is 4. The fraction of sp³-hybridized carbons (Fsp3) is 0.600. The highest BCUT2D eigenvalue weighted by Gasteiger charge is 2.62. The lowest BCUT2D eigenvalue weighted by Gasteiger charge is -2.28. The number of fused-ring (bicyclic) bond motifs is 1. The van der Waals surface area contributed by atoms with Crippen molar-refractivity contribution in [1.82, 2.24) is 4.90 Å². The van der Waals surface area contributed by atoms with Gasteiger partial charge in [0.25, 0.3) is 0 Å². The number of piperidine rings is 1. The van der Waals surface area contributed by atoms with Crippen molar-refractivity contribution in [2.45, 2.75) is 45.2 Å². The van der Waals surface area contributed by atoms with Gasteiger partial charge < -0.3 is 0 Å². The van der Waals surface area contributed by atoms with Crippen LogP contribution in [0.3, 0.4) is 0 Å². The maximum Gasteiger partial charge on any atom is 0.0372 e. The predicted octanol–water partition coefficient (Wildman–Crippen LogP) is 3.55. The number of hydrogen-bond donors (Lipinski definition) is 0. The highest BCUT2D eigenvalue weighted by atomic mass is 15.4. The SMILES string of the molecule is C=C/C=C\C=C1/CC(C)C2(C)C(CC)N2C1. The van der Waals surface area contributed by atoms with Crippen LogP contribution in [0.2, 0.25) is 0 Å². The van der Waals surface area contributed by atoms with E-state index in [9.17, 15) is 0 Å². The molecule has 0 N–H and O–H groups in total. The van der Waals surface area contributed by atoms with Crippen molar-refractivity contribution in [2.75, 3.05) is 6.54 Å². The van der Waals surface area contributed by atoms with Crippen molar-refractivity contribution < 1.29 is 0 Å². The molecule has 0 saturated carbocycles. The van der Waals surface area contributed by atoms with Crippen LogP contribution in [-0.4, -0.2) is 23.0 Å². The fourth-order valence-corrected chi connectivity index (χ4v) is 3.35. The van der Waals surface area contributed by atoms with E-state index in [4.69, 9.17) is 0 Å². The van der Waals surface area contributed by atoms with Gasteiger partial charge in [0.05, 0.1) is 0 Å². The normalized spacial score (nSPS) is 44.7. The quantitative estimate of drug-likeness (QED) is 0.516. The molecule has 2 aliphatic heterocycles. The molecule has 2 aliphatic rings. The zero-order valence-corrected chi connectivity index (χ0v) is 10.7. The van der Waals surface area contributed by atoms with Gasteiger partial charge in [-0.25, -0.2) is 0 Å². The Kier molecular flexibility index (Phi) is 3.07. The minimum absolute atomic E-state index is 0.494. The predicted molar refractivity (Wildman–Crippen MR) is 70.4 cm³/mol. The van der Waals surface area contributed by atoms with Crippen LogP contribution >= 0.6 is 0 Å². The van der Waals surface area contributed by atoms with Crippen LogP contribution in [0.25, 0.3) is 0 Å². The smallest absolute Gasteiger partial charge is 0.0372 e. The van der Waals surface area contributed by atoms with Crippen molar-refractivity contribution in [3.8, 4) is 0 Å². The first-order valence-corrected chi connectivity index (χ1v) is 6.38. The topological polar surface area (TPSA) is 3.01 Å². The maximum atomic E-state index is 3.69. The second kappa shape index (κ2) is 4.21. The molecular weight excluding hydrogens is 194 g/mol. The van der Waals surface area contributed by atoms with E-state index < -0.39 is 0 Å². The Morgan fingerprint density at radius 3 is 2.88 bits per heavy atom. The lowest BCUT2D eigenvalue weighted by atomic mass is 9.84. The van der Waals surface area contributed by atoms with Gasteiger partial charge in [0, 0.05) is 18.1 Å². The molecule has 0 aliphatic carbocycles. The van der Waals surface area contributed by atoms with E-state index >= 15 is 0 Å². The minimum Gasteiger partial charge on any atom is -0.287 e. The zero-order chi connectivity index (χ0) is 11.8. The van der Waals surface area contributed by atoms with E-state index in [0.717, 1.165) is 12.0 Å². The summed E-state index contributed by atoms with van der Waals surface area (Å²) in [4.78, 5) is 2.66. The Hall–Kier alpha value is -0.820. The molecule has 4 atom stereocenters. The summed E-state index contributed by atoms with van der Waals surface area (Å²) in [5.41, 5.74) is 2.06. The highest BCUT2D eigenvalue weighted by molar-refractivity contribution is 5.29. The van der Waals surface area contributed by atoms with E-state index in [0.29, 0.717) is 5.54 Å². The fourth-order valence-electron chi connectivity index (χ4n) is 3.35. The van der Waals surface area contributed by atoms with Crippen LogP contribution in [0.15, 0.2) is 36.5 Å². The molecule has 1 heteroatoms. The van der Waals surface area contributed by atoms with Crippen LogP contribution < -0.4 is 0 Å². The lowest BCUT2D eigenvalue weighted by molar-refractivity contribution is 0.299. The van der Waals surface area contributed by atoms with Gasteiger partial charge in [-0.05, 0) is 25.7 Å². The average Bonchev–Trinajstić information content (AvgIpc) is 2.85. The minimum atomic E-state index is 0.494. The summed E-state index contributed by atoms with van der Waals surface area (Å²) in [6, 6.07) is 0.816. The summed E-state index contributed by atoms with van der Waals surface area (Å²) in [6.07, 6.45) is 10.8. The Bertz CT molecular complexity index is 339. The van der Waals surface area contributed by atoms with Gasteiger partial charge in [0.2, 0.25) is 0 Å². The molecule has 0 aromatic carbocycles. The van der Waals surface area contributed by atoms with Crippen molar-refractivity contribution in [3.63, 3.8) is 0 Å². The molecule has 2 rings (SSSR count). The van der Waals surface area contributed by atoms with Gasteiger partial charge in [-0.2, -0.15) is 0 Å². The molecule has 0 aromatic heterocycles. The van der Waals surface area contributed by atoms with Crippen molar-refractivity contribution in [2.24, 2.45) is 5.92 Å². The molecule has 0 spiro atoms. The van der Waals surface area contributed by atoms with Crippen LogP contribution in [0, 0.1) is 5.92 Å². The average molecular weight is 217 g/mol. The van der Waals surface area contributed by atoms with Crippen LogP contribution in [-0.2, 0) is 0 Å². The third-order valence-corrected chi connectivity index (χ3v) is 4.51. The van der Waals surface area contributed by atoms with Crippen molar-refractivity contribution in [3.05, 3.63) is 36.5 Å². The van der Waals surface area contributed by atoms with Gasteiger partial charge in [-0.15, -0.1) is 0 Å². The van der Waals surface area contributed by atoms with Crippen molar-refractivity contribution >= 4 is 0 Å².